The molecule has 1 heterocycles. The molecule has 3 aromatic carbocycles. The highest BCUT2D eigenvalue weighted by molar-refractivity contribution is 6.42. The van der Waals surface area contributed by atoms with E-state index in [0.29, 0.717) is 10.0 Å². The molecule has 0 radical (unpaired) electrons. The Morgan fingerprint density at radius 3 is 2.26 bits per heavy atom. The number of para-hydroxylation sites is 3. The van der Waals surface area contributed by atoms with Gasteiger partial charge in [0.15, 0.2) is 0 Å². The minimum Gasteiger partial charge on any atom is -0.292 e. The maximum atomic E-state index is 6.19. The van der Waals surface area contributed by atoms with E-state index in [4.69, 9.17) is 28.2 Å². The van der Waals surface area contributed by atoms with E-state index in [9.17, 15) is 0 Å². The van der Waals surface area contributed by atoms with Crippen LogP contribution in [-0.2, 0) is 0 Å². The van der Waals surface area contributed by atoms with Gasteiger partial charge in [-0.3, -0.25) is 4.57 Å². The Labute approximate surface area is 143 Å². The second-order valence-corrected chi connectivity index (χ2v) is 6.04. The van der Waals surface area contributed by atoms with Crippen LogP contribution in [0, 0.1) is 0 Å². The van der Waals surface area contributed by atoms with Crippen molar-refractivity contribution in [3.63, 3.8) is 0 Å². The highest BCUT2D eigenvalue weighted by Crippen LogP contribution is 2.32. The molecule has 0 aliphatic rings. The molecule has 0 bridgehead atoms. The summed E-state index contributed by atoms with van der Waals surface area (Å²) in [4.78, 5) is 4.79. The first kappa shape index (κ1) is 14.3. The summed E-state index contributed by atoms with van der Waals surface area (Å²) in [6.07, 6.45) is 0. The highest BCUT2D eigenvalue weighted by atomic mass is 35.5. The number of hydrogen-bond donors (Lipinski definition) is 0. The van der Waals surface area contributed by atoms with Gasteiger partial charge in [0.2, 0.25) is 0 Å². The molecule has 0 atom stereocenters. The molecule has 0 unspecified atom stereocenters. The summed E-state index contributed by atoms with van der Waals surface area (Å²) >= 11 is 12.2. The molecule has 0 N–H and O–H groups in total. The van der Waals surface area contributed by atoms with Crippen molar-refractivity contribution in [3.8, 4) is 17.1 Å². The standard InChI is InChI=1S/C19H12Cl2N2/c20-15-11-10-13(12-16(15)21)19-22-17-8-4-5-9-18(17)23(19)14-6-2-1-3-7-14/h1-12H. The number of nitrogens with zero attached hydrogens (tertiary/aromatic N) is 2. The summed E-state index contributed by atoms with van der Waals surface area (Å²) in [5, 5.41) is 1.06. The summed E-state index contributed by atoms with van der Waals surface area (Å²) in [5.74, 6) is 0.843. The third kappa shape index (κ3) is 2.50. The van der Waals surface area contributed by atoms with E-state index in [1.807, 2.05) is 48.5 Å². The van der Waals surface area contributed by atoms with Crippen molar-refractivity contribution in [3.05, 3.63) is 82.8 Å². The lowest BCUT2D eigenvalue weighted by Gasteiger charge is -2.10. The number of hydrogen-bond acceptors (Lipinski definition) is 1. The van der Waals surface area contributed by atoms with E-state index in [1.165, 1.54) is 0 Å². The average Bonchev–Trinajstić information content (AvgIpc) is 2.97. The fourth-order valence-electron chi connectivity index (χ4n) is 2.69. The van der Waals surface area contributed by atoms with Crippen molar-refractivity contribution >= 4 is 34.2 Å². The van der Waals surface area contributed by atoms with Crippen LogP contribution in [0.15, 0.2) is 72.8 Å². The van der Waals surface area contributed by atoms with Crippen LogP contribution in [0.4, 0.5) is 0 Å². The van der Waals surface area contributed by atoms with Gasteiger partial charge in [-0.15, -0.1) is 0 Å². The Bertz CT molecular complexity index is 991. The van der Waals surface area contributed by atoms with Crippen LogP contribution < -0.4 is 0 Å². The van der Waals surface area contributed by atoms with E-state index in [1.54, 1.807) is 6.07 Å². The van der Waals surface area contributed by atoms with Gasteiger partial charge in [-0.25, -0.2) is 4.98 Å². The summed E-state index contributed by atoms with van der Waals surface area (Å²) in [6, 6.07) is 23.8. The number of imidazole rings is 1. The number of rotatable bonds is 2. The predicted molar refractivity (Wildman–Crippen MR) is 96.5 cm³/mol. The quantitative estimate of drug-likeness (QED) is 0.438. The van der Waals surface area contributed by atoms with Gasteiger partial charge in [0.1, 0.15) is 5.82 Å². The molecule has 0 spiro atoms. The summed E-state index contributed by atoms with van der Waals surface area (Å²) in [6.45, 7) is 0. The van der Waals surface area contributed by atoms with Gasteiger partial charge in [-0.05, 0) is 42.5 Å². The van der Waals surface area contributed by atoms with Crippen molar-refractivity contribution in [2.45, 2.75) is 0 Å². The van der Waals surface area contributed by atoms with Gasteiger partial charge in [0.25, 0.3) is 0 Å². The minimum absolute atomic E-state index is 0.524. The summed E-state index contributed by atoms with van der Waals surface area (Å²) < 4.78 is 2.13. The number of benzene rings is 3. The van der Waals surface area contributed by atoms with Crippen LogP contribution in [0.1, 0.15) is 0 Å². The molecule has 0 aliphatic heterocycles. The topological polar surface area (TPSA) is 17.8 Å². The maximum absolute atomic E-state index is 6.19. The Morgan fingerprint density at radius 2 is 1.48 bits per heavy atom. The normalized spacial score (nSPS) is 11.0. The van der Waals surface area contributed by atoms with Crippen LogP contribution in [0.5, 0.6) is 0 Å². The number of aromatic nitrogens is 2. The second-order valence-electron chi connectivity index (χ2n) is 5.22. The lowest BCUT2D eigenvalue weighted by molar-refractivity contribution is 1.10. The average molecular weight is 339 g/mol. The van der Waals surface area contributed by atoms with Crippen LogP contribution in [-0.4, -0.2) is 9.55 Å². The second kappa shape index (κ2) is 5.73. The molecule has 0 saturated heterocycles. The molecule has 2 nitrogen and oxygen atoms in total. The molecule has 23 heavy (non-hydrogen) atoms. The zero-order chi connectivity index (χ0) is 15.8. The Balaban J connectivity index is 2.04. The first-order chi connectivity index (χ1) is 11.2. The summed E-state index contributed by atoms with van der Waals surface area (Å²) in [5.41, 5.74) is 3.99. The highest BCUT2D eigenvalue weighted by Gasteiger charge is 2.14. The van der Waals surface area contributed by atoms with E-state index < -0.39 is 0 Å². The van der Waals surface area contributed by atoms with E-state index in [-0.39, 0.29) is 0 Å². The smallest absolute Gasteiger partial charge is 0.145 e. The first-order valence-corrected chi connectivity index (χ1v) is 7.98. The molecule has 0 fully saturated rings. The van der Waals surface area contributed by atoms with Crippen molar-refractivity contribution in [1.82, 2.24) is 9.55 Å². The minimum atomic E-state index is 0.524. The summed E-state index contributed by atoms with van der Waals surface area (Å²) in [7, 11) is 0. The Hall–Kier alpha value is -2.29. The van der Waals surface area contributed by atoms with Crippen LogP contribution in [0.3, 0.4) is 0 Å². The molecular weight excluding hydrogens is 327 g/mol. The van der Waals surface area contributed by atoms with E-state index in [2.05, 4.69) is 22.8 Å². The number of fused-ring (bicyclic) bond motifs is 1. The van der Waals surface area contributed by atoms with Crippen LogP contribution >= 0.6 is 23.2 Å². The van der Waals surface area contributed by atoms with Gasteiger partial charge < -0.3 is 0 Å². The Morgan fingerprint density at radius 1 is 0.739 bits per heavy atom. The molecule has 4 aromatic rings. The third-order valence-electron chi connectivity index (χ3n) is 3.75. The Kier molecular flexibility index (Phi) is 3.56. The van der Waals surface area contributed by atoms with Gasteiger partial charge in [0, 0.05) is 11.3 Å². The van der Waals surface area contributed by atoms with Gasteiger partial charge in [-0.2, -0.15) is 0 Å². The fraction of sp³-hybridized carbons (Fsp3) is 0. The van der Waals surface area contributed by atoms with Gasteiger partial charge >= 0.3 is 0 Å². The molecule has 0 saturated carbocycles. The monoisotopic (exact) mass is 338 g/mol. The molecule has 4 heteroatoms. The van der Waals surface area contributed by atoms with Crippen molar-refractivity contribution < 1.29 is 0 Å². The van der Waals surface area contributed by atoms with Crippen molar-refractivity contribution in [2.75, 3.05) is 0 Å². The largest absolute Gasteiger partial charge is 0.292 e. The van der Waals surface area contributed by atoms with Crippen molar-refractivity contribution in [2.24, 2.45) is 0 Å². The lowest BCUT2D eigenvalue weighted by atomic mass is 10.2. The maximum Gasteiger partial charge on any atom is 0.145 e. The SMILES string of the molecule is Clc1ccc(-c2nc3ccccc3n2-c2ccccc2)cc1Cl. The molecule has 1 aromatic heterocycles. The molecule has 0 aliphatic carbocycles. The van der Waals surface area contributed by atoms with Gasteiger partial charge in [0.05, 0.1) is 21.1 Å². The van der Waals surface area contributed by atoms with Crippen LogP contribution in [0.2, 0.25) is 10.0 Å². The van der Waals surface area contributed by atoms with Crippen molar-refractivity contribution in [1.29, 1.82) is 0 Å². The van der Waals surface area contributed by atoms with E-state index in [0.717, 1.165) is 28.1 Å². The predicted octanol–water partition coefficient (Wildman–Crippen LogP) is 6.00. The van der Waals surface area contributed by atoms with Crippen LogP contribution in [0.25, 0.3) is 28.1 Å². The molecular formula is C19H12Cl2N2. The lowest BCUT2D eigenvalue weighted by Crippen LogP contribution is -1.97. The van der Waals surface area contributed by atoms with E-state index >= 15 is 0 Å². The number of halogens is 2. The zero-order valence-corrected chi connectivity index (χ0v) is 13.6. The third-order valence-corrected chi connectivity index (χ3v) is 4.49. The first-order valence-electron chi connectivity index (χ1n) is 7.22. The molecule has 4 rings (SSSR count). The van der Waals surface area contributed by atoms with Gasteiger partial charge in [-0.1, -0.05) is 53.5 Å². The fourth-order valence-corrected chi connectivity index (χ4v) is 2.99. The zero-order valence-electron chi connectivity index (χ0n) is 12.1. The molecule has 0 amide bonds. The molecule has 112 valence electrons.